The van der Waals surface area contributed by atoms with Crippen LogP contribution in [0.15, 0.2) is 0 Å². The predicted octanol–water partition coefficient (Wildman–Crippen LogP) is 0.229. The molecule has 2 unspecified atom stereocenters. The Hall–Kier alpha value is -0.620. The van der Waals surface area contributed by atoms with Crippen molar-refractivity contribution in [1.29, 1.82) is 0 Å². The summed E-state index contributed by atoms with van der Waals surface area (Å²) < 4.78 is 25.1. The van der Waals surface area contributed by atoms with Gasteiger partial charge in [-0.15, -0.1) is 0 Å². The van der Waals surface area contributed by atoms with Crippen LogP contribution in [0.25, 0.3) is 0 Å². The van der Waals surface area contributed by atoms with Crippen molar-refractivity contribution in [3.05, 3.63) is 0 Å². The summed E-state index contributed by atoms with van der Waals surface area (Å²) in [5.41, 5.74) is 0. The summed E-state index contributed by atoms with van der Waals surface area (Å²) in [6.45, 7) is 5.93. The van der Waals surface area contributed by atoms with E-state index in [2.05, 4.69) is 17.0 Å². The standard InChI is InChI=1S/C10H20N2O3S/c1-7(2)16(14,15)12-10(13)9-6-8(3)4-5-11-9/h7-9,11H,4-6H2,1-3H3,(H,12,13). The molecule has 0 bridgehead atoms. The molecule has 94 valence electrons. The Labute approximate surface area is 97.0 Å². The molecule has 0 spiro atoms. The fourth-order valence-corrected chi connectivity index (χ4v) is 2.29. The van der Waals surface area contributed by atoms with Crippen molar-refractivity contribution in [2.45, 2.75) is 44.9 Å². The van der Waals surface area contributed by atoms with Gasteiger partial charge in [-0.2, -0.15) is 0 Å². The Morgan fingerprint density at radius 2 is 2.06 bits per heavy atom. The molecule has 0 aliphatic carbocycles. The molecular formula is C10H20N2O3S. The summed E-state index contributed by atoms with van der Waals surface area (Å²) in [4.78, 5) is 11.7. The van der Waals surface area contributed by atoms with Crippen molar-refractivity contribution < 1.29 is 13.2 Å². The lowest BCUT2D eigenvalue weighted by Crippen LogP contribution is -2.50. The van der Waals surface area contributed by atoms with Crippen LogP contribution in [-0.2, 0) is 14.8 Å². The average Bonchev–Trinajstić information content (AvgIpc) is 2.16. The molecule has 1 rings (SSSR count). The first-order valence-corrected chi connectivity index (χ1v) is 7.16. The first-order valence-electron chi connectivity index (χ1n) is 5.61. The van der Waals surface area contributed by atoms with E-state index in [0.717, 1.165) is 13.0 Å². The highest BCUT2D eigenvalue weighted by Crippen LogP contribution is 2.15. The molecule has 1 heterocycles. The van der Waals surface area contributed by atoms with E-state index < -0.39 is 21.2 Å². The minimum absolute atomic E-state index is 0.378. The maximum Gasteiger partial charge on any atom is 0.250 e. The molecule has 1 aliphatic heterocycles. The highest BCUT2D eigenvalue weighted by Gasteiger charge is 2.28. The lowest BCUT2D eigenvalue weighted by atomic mass is 9.94. The number of hydrogen-bond acceptors (Lipinski definition) is 4. The van der Waals surface area contributed by atoms with Gasteiger partial charge in [-0.1, -0.05) is 6.92 Å². The van der Waals surface area contributed by atoms with Crippen molar-refractivity contribution in [3.63, 3.8) is 0 Å². The van der Waals surface area contributed by atoms with Crippen LogP contribution in [0.3, 0.4) is 0 Å². The van der Waals surface area contributed by atoms with Gasteiger partial charge in [0.25, 0.3) is 5.91 Å². The number of rotatable bonds is 3. The van der Waals surface area contributed by atoms with Crippen molar-refractivity contribution in [1.82, 2.24) is 10.0 Å². The van der Waals surface area contributed by atoms with Gasteiger partial charge in [-0.05, 0) is 39.2 Å². The van der Waals surface area contributed by atoms with Gasteiger partial charge in [0, 0.05) is 0 Å². The molecular weight excluding hydrogens is 228 g/mol. The van der Waals surface area contributed by atoms with Crippen LogP contribution in [0.2, 0.25) is 0 Å². The molecule has 1 aliphatic rings. The minimum Gasteiger partial charge on any atom is -0.306 e. The van der Waals surface area contributed by atoms with E-state index in [4.69, 9.17) is 0 Å². The summed E-state index contributed by atoms with van der Waals surface area (Å²) in [5.74, 6) is 0.0269. The van der Waals surface area contributed by atoms with E-state index in [9.17, 15) is 13.2 Å². The van der Waals surface area contributed by atoms with E-state index in [1.54, 1.807) is 13.8 Å². The smallest absolute Gasteiger partial charge is 0.250 e. The third-order valence-electron chi connectivity index (χ3n) is 2.85. The van der Waals surface area contributed by atoms with Crippen LogP contribution in [0.5, 0.6) is 0 Å². The Balaban J connectivity index is 2.59. The van der Waals surface area contributed by atoms with Gasteiger partial charge in [-0.3, -0.25) is 9.52 Å². The first-order chi connectivity index (χ1) is 7.33. The molecule has 0 radical (unpaired) electrons. The quantitative estimate of drug-likeness (QED) is 0.749. The van der Waals surface area contributed by atoms with Crippen molar-refractivity contribution in [3.8, 4) is 0 Å². The Bertz CT molecular complexity index is 351. The number of nitrogens with one attached hydrogen (secondary N) is 2. The molecule has 1 amide bonds. The molecule has 1 fully saturated rings. The third-order valence-corrected chi connectivity index (χ3v) is 4.57. The molecule has 2 N–H and O–H groups in total. The number of hydrogen-bond donors (Lipinski definition) is 2. The van der Waals surface area contributed by atoms with Crippen LogP contribution in [0.4, 0.5) is 0 Å². The maximum atomic E-state index is 11.7. The monoisotopic (exact) mass is 248 g/mol. The van der Waals surface area contributed by atoms with Gasteiger partial charge in [-0.25, -0.2) is 8.42 Å². The molecule has 6 heteroatoms. The van der Waals surface area contributed by atoms with Crippen molar-refractivity contribution in [2.24, 2.45) is 5.92 Å². The topological polar surface area (TPSA) is 75.3 Å². The van der Waals surface area contributed by atoms with Gasteiger partial charge in [0.1, 0.15) is 0 Å². The number of sulfonamides is 1. The first kappa shape index (κ1) is 13.4. The van der Waals surface area contributed by atoms with Crippen LogP contribution in [0.1, 0.15) is 33.6 Å². The second-order valence-corrected chi connectivity index (χ2v) is 6.93. The maximum absolute atomic E-state index is 11.7. The summed E-state index contributed by atoms with van der Waals surface area (Å²) in [6, 6.07) is -0.378. The predicted molar refractivity (Wildman–Crippen MR) is 62.4 cm³/mol. The zero-order valence-electron chi connectivity index (χ0n) is 9.99. The molecule has 5 nitrogen and oxygen atoms in total. The molecule has 0 aromatic rings. The zero-order valence-corrected chi connectivity index (χ0v) is 10.8. The average molecular weight is 248 g/mol. The minimum atomic E-state index is -3.50. The summed E-state index contributed by atoms with van der Waals surface area (Å²) in [6.07, 6.45) is 1.72. The molecule has 1 saturated heterocycles. The van der Waals surface area contributed by atoms with Crippen LogP contribution >= 0.6 is 0 Å². The van der Waals surface area contributed by atoms with Gasteiger partial charge in [0.2, 0.25) is 10.0 Å². The lowest BCUT2D eigenvalue weighted by molar-refractivity contribution is -0.122. The van der Waals surface area contributed by atoms with Gasteiger partial charge >= 0.3 is 0 Å². The summed E-state index contributed by atoms with van der Waals surface area (Å²) in [5, 5.41) is 2.45. The second kappa shape index (κ2) is 5.14. The number of amides is 1. The van der Waals surface area contributed by atoms with Crippen molar-refractivity contribution >= 4 is 15.9 Å². The van der Waals surface area contributed by atoms with Crippen LogP contribution < -0.4 is 10.0 Å². The highest BCUT2D eigenvalue weighted by atomic mass is 32.2. The van der Waals surface area contributed by atoms with Gasteiger partial charge in [0.05, 0.1) is 11.3 Å². The van der Waals surface area contributed by atoms with Crippen molar-refractivity contribution in [2.75, 3.05) is 6.54 Å². The summed E-state index contributed by atoms with van der Waals surface area (Å²) in [7, 11) is -3.50. The zero-order chi connectivity index (χ0) is 12.3. The molecule has 0 saturated carbocycles. The molecule has 0 aromatic heterocycles. The van der Waals surface area contributed by atoms with E-state index in [1.807, 2.05) is 0 Å². The van der Waals surface area contributed by atoms with E-state index in [1.165, 1.54) is 0 Å². The Kier molecular flexibility index (Phi) is 4.32. The lowest BCUT2D eigenvalue weighted by Gasteiger charge is -2.27. The number of carbonyl (C=O) groups is 1. The molecule has 2 atom stereocenters. The van der Waals surface area contributed by atoms with Gasteiger partial charge < -0.3 is 5.32 Å². The summed E-state index contributed by atoms with van der Waals surface area (Å²) >= 11 is 0. The largest absolute Gasteiger partial charge is 0.306 e. The number of piperidine rings is 1. The fraction of sp³-hybridized carbons (Fsp3) is 0.900. The van der Waals surface area contributed by atoms with E-state index >= 15 is 0 Å². The third kappa shape index (κ3) is 3.45. The normalized spacial score (nSPS) is 26.8. The van der Waals surface area contributed by atoms with Gasteiger partial charge in [0.15, 0.2) is 0 Å². The Morgan fingerprint density at radius 1 is 1.44 bits per heavy atom. The van der Waals surface area contributed by atoms with Crippen LogP contribution in [0, 0.1) is 5.92 Å². The molecule has 0 aromatic carbocycles. The van der Waals surface area contributed by atoms with E-state index in [0.29, 0.717) is 12.3 Å². The SMILES string of the molecule is CC1CCNC(C(=O)NS(=O)(=O)C(C)C)C1. The Morgan fingerprint density at radius 3 is 2.56 bits per heavy atom. The highest BCUT2D eigenvalue weighted by molar-refractivity contribution is 7.90. The van der Waals surface area contributed by atoms with E-state index in [-0.39, 0.29) is 6.04 Å². The second-order valence-electron chi connectivity index (χ2n) is 4.70. The molecule has 16 heavy (non-hydrogen) atoms. The fourth-order valence-electron chi connectivity index (χ4n) is 1.64. The van der Waals surface area contributed by atoms with Crippen LogP contribution in [-0.4, -0.2) is 32.2 Å². The number of carbonyl (C=O) groups excluding carboxylic acids is 1.